The fourth-order valence-corrected chi connectivity index (χ4v) is 2.59. The van der Waals surface area contributed by atoms with Gasteiger partial charge in [-0.25, -0.2) is 4.98 Å². The topological polar surface area (TPSA) is 55.7 Å². The van der Waals surface area contributed by atoms with E-state index in [9.17, 15) is 0 Å². The van der Waals surface area contributed by atoms with Crippen molar-refractivity contribution in [2.75, 3.05) is 19.6 Å². The minimum atomic E-state index is 0.646. The van der Waals surface area contributed by atoms with E-state index in [1.807, 2.05) is 42.5 Å². The maximum atomic E-state index is 5.39. The maximum absolute atomic E-state index is 5.39. The van der Waals surface area contributed by atoms with Crippen LogP contribution in [0.5, 0.6) is 11.5 Å². The van der Waals surface area contributed by atoms with Crippen LogP contribution in [0.1, 0.15) is 11.1 Å². The molecule has 5 nitrogen and oxygen atoms in total. The number of pyridine rings is 1. The highest BCUT2D eigenvalue weighted by atomic mass is 16.5. The van der Waals surface area contributed by atoms with Crippen LogP contribution in [-0.2, 0) is 0 Å². The Hall–Kier alpha value is -3.08. The molecule has 0 atom stereocenters. The van der Waals surface area contributed by atoms with Gasteiger partial charge in [0.15, 0.2) is 11.5 Å². The summed E-state index contributed by atoms with van der Waals surface area (Å²) in [5, 5.41) is 5.41. The molecule has 0 aliphatic rings. The van der Waals surface area contributed by atoms with E-state index in [4.69, 9.17) is 9.47 Å². The number of benzene rings is 2. The zero-order valence-electron chi connectivity index (χ0n) is 13.9. The summed E-state index contributed by atoms with van der Waals surface area (Å²) in [5.41, 5.74) is 5.89. The van der Waals surface area contributed by atoms with Gasteiger partial charge in [-0.1, -0.05) is 24.3 Å². The van der Waals surface area contributed by atoms with Gasteiger partial charge in [-0.3, -0.25) is 5.43 Å². The Morgan fingerprint density at radius 3 is 2.67 bits per heavy atom. The molecule has 0 saturated carbocycles. The molecule has 0 spiro atoms. The van der Waals surface area contributed by atoms with Gasteiger partial charge in [-0.05, 0) is 36.8 Å². The normalized spacial score (nSPS) is 11.0. The number of aryl methyl sites for hydroxylation is 1. The predicted molar refractivity (Wildman–Crippen MR) is 97.2 cm³/mol. The summed E-state index contributed by atoms with van der Waals surface area (Å²) in [7, 11) is 3.22. The molecule has 0 saturated heterocycles. The average molecular weight is 321 g/mol. The van der Waals surface area contributed by atoms with Gasteiger partial charge < -0.3 is 9.47 Å². The number of hydrogen-bond donors (Lipinski definition) is 1. The lowest BCUT2D eigenvalue weighted by molar-refractivity contribution is 0.354. The third-order valence-electron chi connectivity index (χ3n) is 3.74. The van der Waals surface area contributed by atoms with Gasteiger partial charge in [-0.2, -0.15) is 5.10 Å². The number of hydrogen-bond acceptors (Lipinski definition) is 5. The van der Waals surface area contributed by atoms with Crippen molar-refractivity contribution in [3.8, 4) is 11.5 Å². The van der Waals surface area contributed by atoms with Gasteiger partial charge in [0.25, 0.3) is 0 Å². The summed E-state index contributed by atoms with van der Waals surface area (Å²) < 4.78 is 10.7. The highest BCUT2D eigenvalue weighted by Gasteiger charge is 2.07. The van der Waals surface area contributed by atoms with Gasteiger partial charge >= 0.3 is 0 Å². The van der Waals surface area contributed by atoms with Crippen molar-refractivity contribution in [2.45, 2.75) is 6.92 Å². The van der Waals surface area contributed by atoms with Crippen LogP contribution in [0.25, 0.3) is 10.9 Å². The first kappa shape index (κ1) is 15.8. The number of fused-ring (bicyclic) bond motifs is 1. The molecule has 3 rings (SSSR count). The molecule has 0 aliphatic carbocycles. The van der Waals surface area contributed by atoms with Crippen molar-refractivity contribution < 1.29 is 9.47 Å². The zero-order chi connectivity index (χ0) is 16.9. The van der Waals surface area contributed by atoms with Crippen molar-refractivity contribution in [3.63, 3.8) is 0 Å². The Bertz CT molecular complexity index is 891. The van der Waals surface area contributed by atoms with Crippen LogP contribution in [0.15, 0.2) is 53.6 Å². The van der Waals surface area contributed by atoms with E-state index >= 15 is 0 Å². The van der Waals surface area contributed by atoms with Crippen LogP contribution in [0, 0.1) is 6.92 Å². The lowest BCUT2D eigenvalue weighted by atomic mass is 10.1. The number of anilines is 1. The molecule has 1 aromatic heterocycles. The number of aromatic nitrogens is 1. The Kier molecular flexibility index (Phi) is 4.61. The molecule has 0 fully saturated rings. The van der Waals surface area contributed by atoms with Crippen molar-refractivity contribution in [1.82, 2.24) is 4.98 Å². The number of nitrogens with one attached hydrogen (secondary N) is 1. The Morgan fingerprint density at radius 1 is 1.04 bits per heavy atom. The largest absolute Gasteiger partial charge is 0.493 e. The van der Waals surface area contributed by atoms with Crippen molar-refractivity contribution >= 4 is 22.9 Å². The van der Waals surface area contributed by atoms with E-state index in [2.05, 4.69) is 28.5 Å². The van der Waals surface area contributed by atoms with E-state index in [1.54, 1.807) is 20.4 Å². The Labute approximate surface area is 140 Å². The van der Waals surface area contributed by atoms with Crippen LogP contribution in [0.4, 0.5) is 5.82 Å². The Balaban J connectivity index is 1.85. The van der Waals surface area contributed by atoms with Gasteiger partial charge in [0.1, 0.15) is 5.82 Å². The van der Waals surface area contributed by atoms with Crippen molar-refractivity contribution in [1.29, 1.82) is 0 Å². The molecule has 0 bridgehead atoms. The second-order valence-corrected chi connectivity index (χ2v) is 5.29. The molecule has 0 aliphatic heterocycles. The van der Waals surface area contributed by atoms with Crippen molar-refractivity contribution in [3.05, 3.63) is 59.7 Å². The molecule has 1 N–H and O–H groups in total. The monoisotopic (exact) mass is 321 g/mol. The summed E-state index contributed by atoms with van der Waals surface area (Å²) in [5.74, 6) is 2.01. The van der Waals surface area contributed by atoms with Crippen LogP contribution >= 0.6 is 0 Å². The van der Waals surface area contributed by atoms with E-state index in [1.165, 1.54) is 0 Å². The second kappa shape index (κ2) is 7.00. The van der Waals surface area contributed by atoms with Crippen LogP contribution in [-0.4, -0.2) is 25.4 Å². The number of para-hydroxylation sites is 2. The van der Waals surface area contributed by atoms with Gasteiger partial charge in [0, 0.05) is 10.9 Å². The second-order valence-electron chi connectivity index (χ2n) is 5.29. The SMILES string of the molecule is COc1cccc(/C=N/Nc2cc(C)c3ccccc3n2)c1OC. The summed E-state index contributed by atoms with van der Waals surface area (Å²) >= 11 is 0. The number of nitrogens with zero attached hydrogens (tertiary/aromatic N) is 2. The zero-order valence-corrected chi connectivity index (χ0v) is 13.9. The first-order chi connectivity index (χ1) is 11.7. The molecular weight excluding hydrogens is 302 g/mol. The fourth-order valence-electron chi connectivity index (χ4n) is 2.59. The smallest absolute Gasteiger partial charge is 0.169 e. The highest BCUT2D eigenvalue weighted by molar-refractivity contribution is 5.86. The molecule has 0 amide bonds. The number of hydrazone groups is 1. The van der Waals surface area contributed by atoms with E-state index in [0.29, 0.717) is 17.3 Å². The fraction of sp³-hybridized carbons (Fsp3) is 0.158. The van der Waals surface area contributed by atoms with E-state index in [0.717, 1.165) is 22.0 Å². The molecule has 122 valence electrons. The highest BCUT2D eigenvalue weighted by Crippen LogP contribution is 2.29. The lowest BCUT2D eigenvalue weighted by Gasteiger charge is -2.09. The van der Waals surface area contributed by atoms with E-state index in [-0.39, 0.29) is 0 Å². The number of rotatable bonds is 5. The average Bonchev–Trinajstić information content (AvgIpc) is 2.61. The standard InChI is InChI=1S/C19H19N3O2/c1-13-11-18(21-16-9-5-4-8-15(13)16)22-20-12-14-7-6-10-17(23-2)19(14)24-3/h4-12H,1-3H3,(H,21,22)/b20-12+. The number of ether oxygens (including phenoxy) is 2. The molecule has 3 aromatic rings. The first-order valence-electron chi connectivity index (χ1n) is 7.59. The maximum Gasteiger partial charge on any atom is 0.169 e. The first-order valence-corrected chi connectivity index (χ1v) is 7.59. The quantitative estimate of drug-likeness (QED) is 0.570. The molecule has 5 heteroatoms. The summed E-state index contributed by atoms with van der Waals surface area (Å²) in [6.07, 6.45) is 1.69. The molecule has 0 radical (unpaired) electrons. The van der Waals surface area contributed by atoms with Crippen LogP contribution < -0.4 is 14.9 Å². The van der Waals surface area contributed by atoms with Gasteiger partial charge in [-0.15, -0.1) is 0 Å². The summed E-state index contributed by atoms with van der Waals surface area (Å²) in [4.78, 5) is 4.56. The van der Waals surface area contributed by atoms with E-state index < -0.39 is 0 Å². The summed E-state index contributed by atoms with van der Waals surface area (Å²) in [6, 6.07) is 15.7. The minimum absolute atomic E-state index is 0.646. The third kappa shape index (κ3) is 3.15. The van der Waals surface area contributed by atoms with Crippen molar-refractivity contribution in [2.24, 2.45) is 5.10 Å². The summed E-state index contributed by atoms with van der Waals surface area (Å²) in [6.45, 7) is 2.06. The molecule has 24 heavy (non-hydrogen) atoms. The third-order valence-corrected chi connectivity index (χ3v) is 3.74. The van der Waals surface area contributed by atoms with Gasteiger partial charge in [0.2, 0.25) is 0 Å². The molecule has 0 unspecified atom stereocenters. The molecular formula is C19H19N3O2. The minimum Gasteiger partial charge on any atom is -0.493 e. The molecule has 1 heterocycles. The predicted octanol–water partition coefficient (Wildman–Crippen LogP) is 4.01. The van der Waals surface area contributed by atoms with Crippen LogP contribution in [0.3, 0.4) is 0 Å². The molecule has 2 aromatic carbocycles. The van der Waals surface area contributed by atoms with Crippen LogP contribution in [0.2, 0.25) is 0 Å². The lowest BCUT2D eigenvalue weighted by Crippen LogP contribution is -1.98. The van der Waals surface area contributed by atoms with Gasteiger partial charge in [0.05, 0.1) is 26.0 Å². The Morgan fingerprint density at radius 2 is 1.88 bits per heavy atom. The number of methoxy groups -OCH3 is 2.